The predicted octanol–water partition coefficient (Wildman–Crippen LogP) is 4.04. The number of hydrogen-bond acceptors (Lipinski definition) is 3. The van der Waals surface area contributed by atoms with E-state index in [0.717, 1.165) is 25.9 Å². The van der Waals surface area contributed by atoms with Gasteiger partial charge in [-0.1, -0.05) is 51.2 Å². The van der Waals surface area contributed by atoms with Crippen LogP contribution in [0.2, 0.25) is 0 Å². The second-order valence-corrected chi connectivity index (χ2v) is 4.56. The molecule has 0 rings (SSSR count). The molecule has 0 radical (unpaired) electrons. The normalized spacial score (nSPS) is 10.1. The summed E-state index contributed by atoms with van der Waals surface area (Å²) in [6.45, 7) is 8.99. The van der Waals surface area contributed by atoms with Gasteiger partial charge in [0, 0.05) is 12.7 Å². The molecule has 0 N–H and O–H groups in total. The second-order valence-electron chi connectivity index (χ2n) is 4.56. The summed E-state index contributed by atoms with van der Waals surface area (Å²) in [6.07, 6.45) is 12.5. The lowest BCUT2D eigenvalue weighted by Gasteiger charge is -2.03. The molecule has 110 valence electrons. The Hall–Kier alpha value is -1.09. The number of hydrogen-bond donors (Lipinski definition) is 0. The number of unbranched alkanes of at least 4 members (excludes halogenated alkanes) is 7. The maximum Gasteiger partial charge on any atom is 0.330 e. The first-order valence-corrected chi connectivity index (χ1v) is 7.29. The maximum absolute atomic E-state index is 10.8. The van der Waals surface area contributed by atoms with Crippen molar-refractivity contribution in [3.8, 4) is 0 Å². The van der Waals surface area contributed by atoms with E-state index in [1.165, 1.54) is 38.2 Å². The van der Waals surface area contributed by atoms with Gasteiger partial charge in [0.25, 0.3) is 0 Å². The van der Waals surface area contributed by atoms with Crippen molar-refractivity contribution < 1.29 is 14.3 Å². The molecule has 0 spiro atoms. The standard InChI is InChI=1S/C16H28O3/c1-3-13-18-14-11-9-7-5-6-8-10-12-15-19-16(17)4-2/h3-4H,1-2,5-15H2. The predicted molar refractivity (Wildman–Crippen MR) is 79.1 cm³/mol. The summed E-state index contributed by atoms with van der Waals surface area (Å²) in [5.74, 6) is -0.321. The lowest BCUT2D eigenvalue weighted by atomic mass is 10.1. The minimum Gasteiger partial charge on any atom is -0.463 e. The van der Waals surface area contributed by atoms with Crippen LogP contribution in [0.4, 0.5) is 0 Å². The summed E-state index contributed by atoms with van der Waals surface area (Å²) in [5, 5.41) is 0. The van der Waals surface area contributed by atoms with E-state index in [9.17, 15) is 4.79 Å². The number of ether oxygens (including phenoxy) is 2. The van der Waals surface area contributed by atoms with E-state index in [0.29, 0.717) is 13.2 Å². The van der Waals surface area contributed by atoms with Crippen LogP contribution in [0.15, 0.2) is 25.3 Å². The highest BCUT2D eigenvalue weighted by Gasteiger charge is 1.96. The van der Waals surface area contributed by atoms with Gasteiger partial charge in [-0.15, -0.1) is 6.58 Å². The molecule has 0 aliphatic heterocycles. The van der Waals surface area contributed by atoms with Crippen molar-refractivity contribution in [2.45, 2.75) is 51.4 Å². The van der Waals surface area contributed by atoms with E-state index < -0.39 is 0 Å². The third-order valence-electron chi connectivity index (χ3n) is 2.83. The molecule has 0 saturated carbocycles. The summed E-state index contributed by atoms with van der Waals surface area (Å²) in [6, 6.07) is 0. The fraction of sp³-hybridized carbons (Fsp3) is 0.688. The van der Waals surface area contributed by atoms with E-state index in [-0.39, 0.29) is 5.97 Å². The monoisotopic (exact) mass is 268 g/mol. The molecule has 3 nitrogen and oxygen atoms in total. The summed E-state index contributed by atoms with van der Waals surface area (Å²) in [5.41, 5.74) is 0. The number of esters is 1. The van der Waals surface area contributed by atoms with Crippen LogP contribution in [-0.2, 0) is 14.3 Å². The van der Waals surface area contributed by atoms with Crippen LogP contribution < -0.4 is 0 Å². The largest absolute Gasteiger partial charge is 0.463 e. The Morgan fingerprint density at radius 1 is 0.842 bits per heavy atom. The Balaban J connectivity index is 3.00. The fourth-order valence-corrected chi connectivity index (χ4v) is 1.77. The third kappa shape index (κ3) is 14.9. The highest BCUT2D eigenvalue weighted by molar-refractivity contribution is 5.81. The van der Waals surface area contributed by atoms with Crippen LogP contribution in [0.5, 0.6) is 0 Å². The minimum absolute atomic E-state index is 0.321. The van der Waals surface area contributed by atoms with Gasteiger partial charge in [-0.25, -0.2) is 4.79 Å². The molecule has 0 saturated heterocycles. The summed E-state index contributed by atoms with van der Waals surface area (Å²) in [7, 11) is 0. The quantitative estimate of drug-likeness (QED) is 0.206. The molecule has 0 unspecified atom stereocenters. The van der Waals surface area contributed by atoms with Crippen LogP contribution in [-0.4, -0.2) is 25.8 Å². The Kier molecular flexibility index (Phi) is 14.1. The zero-order valence-corrected chi connectivity index (χ0v) is 12.1. The zero-order valence-electron chi connectivity index (χ0n) is 12.1. The molecule has 19 heavy (non-hydrogen) atoms. The van der Waals surface area contributed by atoms with Crippen molar-refractivity contribution in [1.29, 1.82) is 0 Å². The SMILES string of the molecule is C=CCOCCCCCCCCCCOC(=O)C=C. The molecular weight excluding hydrogens is 240 g/mol. The van der Waals surface area contributed by atoms with E-state index in [2.05, 4.69) is 13.2 Å². The first-order valence-electron chi connectivity index (χ1n) is 7.29. The smallest absolute Gasteiger partial charge is 0.330 e. The van der Waals surface area contributed by atoms with Crippen molar-refractivity contribution in [2.24, 2.45) is 0 Å². The Labute approximate surface area is 117 Å². The van der Waals surface area contributed by atoms with Gasteiger partial charge in [-0.05, 0) is 12.8 Å². The van der Waals surface area contributed by atoms with Gasteiger partial charge in [-0.2, -0.15) is 0 Å². The van der Waals surface area contributed by atoms with Crippen molar-refractivity contribution >= 4 is 5.97 Å². The molecule has 0 aliphatic rings. The molecule has 0 heterocycles. The molecule has 0 aromatic carbocycles. The Bertz CT molecular complexity index is 236. The first kappa shape index (κ1) is 17.9. The average molecular weight is 268 g/mol. The summed E-state index contributed by atoms with van der Waals surface area (Å²) >= 11 is 0. The molecule has 0 aliphatic carbocycles. The minimum atomic E-state index is -0.321. The maximum atomic E-state index is 10.8. The van der Waals surface area contributed by atoms with E-state index in [4.69, 9.17) is 9.47 Å². The van der Waals surface area contributed by atoms with Crippen LogP contribution in [0, 0.1) is 0 Å². The molecular formula is C16H28O3. The molecule has 3 heteroatoms. The Morgan fingerprint density at radius 3 is 1.89 bits per heavy atom. The van der Waals surface area contributed by atoms with Gasteiger partial charge in [0.15, 0.2) is 0 Å². The lowest BCUT2D eigenvalue weighted by molar-refractivity contribution is -0.137. The molecule has 0 bridgehead atoms. The van der Waals surface area contributed by atoms with Crippen LogP contribution >= 0.6 is 0 Å². The van der Waals surface area contributed by atoms with Crippen molar-refractivity contribution in [3.63, 3.8) is 0 Å². The topological polar surface area (TPSA) is 35.5 Å². The molecule has 0 aromatic rings. The highest BCUT2D eigenvalue weighted by Crippen LogP contribution is 2.08. The van der Waals surface area contributed by atoms with Gasteiger partial charge in [0.2, 0.25) is 0 Å². The Morgan fingerprint density at radius 2 is 1.37 bits per heavy atom. The third-order valence-corrected chi connectivity index (χ3v) is 2.83. The van der Waals surface area contributed by atoms with Crippen molar-refractivity contribution in [3.05, 3.63) is 25.3 Å². The number of carbonyl (C=O) groups is 1. The van der Waals surface area contributed by atoms with Crippen LogP contribution in [0.3, 0.4) is 0 Å². The highest BCUT2D eigenvalue weighted by atomic mass is 16.5. The summed E-state index contributed by atoms with van der Waals surface area (Å²) < 4.78 is 10.2. The molecule has 0 atom stereocenters. The number of rotatable bonds is 14. The van der Waals surface area contributed by atoms with Crippen molar-refractivity contribution in [2.75, 3.05) is 19.8 Å². The van der Waals surface area contributed by atoms with Gasteiger partial charge in [0.1, 0.15) is 0 Å². The molecule has 0 aromatic heterocycles. The van der Waals surface area contributed by atoms with Gasteiger partial charge < -0.3 is 9.47 Å². The average Bonchev–Trinajstić information content (AvgIpc) is 2.43. The van der Waals surface area contributed by atoms with Crippen LogP contribution in [0.1, 0.15) is 51.4 Å². The second kappa shape index (κ2) is 15.0. The molecule has 0 amide bonds. The van der Waals surface area contributed by atoms with E-state index >= 15 is 0 Å². The fourth-order valence-electron chi connectivity index (χ4n) is 1.77. The van der Waals surface area contributed by atoms with Gasteiger partial charge in [0.05, 0.1) is 13.2 Å². The number of carbonyl (C=O) groups excluding carboxylic acids is 1. The van der Waals surface area contributed by atoms with E-state index in [1.54, 1.807) is 6.08 Å². The van der Waals surface area contributed by atoms with Crippen LogP contribution in [0.25, 0.3) is 0 Å². The lowest BCUT2D eigenvalue weighted by Crippen LogP contribution is -2.01. The zero-order chi connectivity index (χ0) is 14.2. The van der Waals surface area contributed by atoms with Gasteiger partial charge >= 0.3 is 5.97 Å². The molecule has 0 fully saturated rings. The van der Waals surface area contributed by atoms with E-state index in [1.807, 2.05) is 0 Å². The van der Waals surface area contributed by atoms with Crippen molar-refractivity contribution in [1.82, 2.24) is 0 Å². The summed E-state index contributed by atoms with van der Waals surface area (Å²) in [4.78, 5) is 10.8. The first-order chi connectivity index (χ1) is 9.31. The van der Waals surface area contributed by atoms with Gasteiger partial charge in [-0.3, -0.25) is 0 Å².